The van der Waals surface area contributed by atoms with Crippen LogP contribution >= 0.6 is 12.4 Å². The van der Waals surface area contributed by atoms with E-state index in [2.05, 4.69) is 10.4 Å². The molecule has 23 heavy (non-hydrogen) atoms. The molecule has 124 valence electrons. The Hall–Kier alpha value is -2.05. The highest BCUT2D eigenvalue weighted by Gasteiger charge is 2.23. The molecule has 1 aromatic carbocycles. The van der Waals surface area contributed by atoms with Crippen molar-refractivity contribution in [1.82, 2.24) is 15.1 Å². The summed E-state index contributed by atoms with van der Waals surface area (Å²) in [5.41, 5.74) is 6.71. The maximum absolute atomic E-state index is 12.3. The van der Waals surface area contributed by atoms with E-state index in [0.29, 0.717) is 0 Å². The number of aromatic nitrogens is 2. The van der Waals surface area contributed by atoms with E-state index in [0.717, 1.165) is 31.4 Å². The summed E-state index contributed by atoms with van der Waals surface area (Å²) in [7, 11) is 0. The average Bonchev–Trinajstić information content (AvgIpc) is 2.92. The predicted molar refractivity (Wildman–Crippen MR) is 90.2 cm³/mol. The fourth-order valence-corrected chi connectivity index (χ4v) is 2.76. The van der Waals surface area contributed by atoms with Gasteiger partial charge in [0, 0.05) is 12.1 Å². The van der Waals surface area contributed by atoms with Crippen molar-refractivity contribution in [3.63, 3.8) is 0 Å². The standard InChI is InChI=1S/C16H20N4O2.ClH/c17-11-6-8-12(9-7-11)18-16(22)15-14(21)10-20(19-15)13-4-2-1-3-5-13;/h1-5,10-12,21H,6-9,17H2,(H,18,22);1H. The molecule has 1 saturated carbocycles. The lowest BCUT2D eigenvalue weighted by atomic mass is 9.92. The Morgan fingerprint density at radius 1 is 1.22 bits per heavy atom. The molecule has 1 amide bonds. The normalized spacial score (nSPS) is 20.6. The molecule has 1 aliphatic rings. The summed E-state index contributed by atoms with van der Waals surface area (Å²) in [5, 5.41) is 17.1. The second-order valence-corrected chi connectivity index (χ2v) is 5.73. The van der Waals surface area contributed by atoms with E-state index in [1.807, 2.05) is 30.3 Å². The van der Waals surface area contributed by atoms with E-state index in [1.165, 1.54) is 10.9 Å². The predicted octanol–water partition coefficient (Wildman–Crippen LogP) is 2.00. The van der Waals surface area contributed by atoms with Crippen molar-refractivity contribution in [3.8, 4) is 11.4 Å². The van der Waals surface area contributed by atoms with Crippen LogP contribution in [0.15, 0.2) is 36.5 Å². The molecule has 0 saturated heterocycles. The van der Waals surface area contributed by atoms with Crippen molar-refractivity contribution >= 4 is 18.3 Å². The van der Waals surface area contributed by atoms with Gasteiger partial charge in [-0.05, 0) is 37.8 Å². The highest BCUT2D eigenvalue weighted by atomic mass is 35.5. The third-order valence-corrected chi connectivity index (χ3v) is 4.04. The van der Waals surface area contributed by atoms with Crippen LogP contribution in [0.3, 0.4) is 0 Å². The number of nitrogens with two attached hydrogens (primary N) is 1. The van der Waals surface area contributed by atoms with Gasteiger partial charge in [-0.3, -0.25) is 4.79 Å². The van der Waals surface area contributed by atoms with E-state index in [4.69, 9.17) is 5.73 Å². The molecule has 2 aromatic rings. The van der Waals surface area contributed by atoms with E-state index in [-0.39, 0.29) is 41.8 Å². The second kappa shape index (κ2) is 7.48. The van der Waals surface area contributed by atoms with Gasteiger partial charge in [-0.1, -0.05) is 18.2 Å². The molecule has 1 fully saturated rings. The number of benzene rings is 1. The lowest BCUT2D eigenvalue weighted by molar-refractivity contribution is 0.0917. The number of hydrogen-bond donors (Lipinski definition) is 3. The molecule has 4 N–H and O–H groups in total. The molecule has 1 aliphatic carbocycles. The van der Waals surface area contributed by atoms with Crippen LogP contribution in [0.25, 0.3) is 5.69 Å². The lowest BCUT2D eigenvalue weighted by Gasteiger charge is -2.26. The molecule has 1 heterocycles. The molecule has 7 heteroatoms. The molecule has 0 unspecified atom stereocenters. The van der Waals surface area contributed by atoms with Gasteiger partial charge in [0.05, 0.1) is 11.9 Å². The first-order chi connectivity index (χ1) is 10.6. The van der Waals surface area contributed by atoms with Crippen molar-refractivity contribution in [1.29, 1.82) is 0 Å². The molecule has 3 rings (SSSR count). The van der Waals surface area contributed by atoms with Crippen LogP contribution in [0.4, 0.5) is 0 Å². The molecule has 0 aliphatic heterocycles. The van der Waals surface area contributed by atoms with Crippen molar-refractivity contribution in [2.45, 2.75) is 37.8 Å². The fraction of sp³-hybridized carbons (Fsp3) is 0.375. The Kier molecular flexibility index (Phi) is 5.63. The summed E-state index contributed by atoms with van der Waals surface area (Å²) in [6, 6.07) is 9.70. The molecule has 6 nitrogen and oxygen atoms in total. The SMILES string of the molecule is Cl.NC1CCC(NC(=O)c2nn(-c3ccccc3)cc2O)CC1. The summed E-state index contributed by atoms with van der Waals surface area (Å²) in [6.07, 6.45) is 5.01. The Morgan fingerprint density at radius 2 is 1.87 bits per heavy atom. The van der Waals surface area contributed by atoms with Gasteiger partial charge in [0.2, 0.25) is 0 Å². The Bertz CT molecular complexity index is 651. The topological polar surface area (TPSA) is 93.2 Å². The Labute approximate surface area is 141 Å². The van der Waals surface area contributed by atoms with Crippen molar-refractivity contribution in [3.05, 3.63) is 42.2 Å². The number of rotatable bonds is 3. The number of para-hydroxylation sites is 1. The van der Waals surface area contributed by atoms with Gasteiger partial charge in [-0.2, -0.15) is 5.10 Å². The highest BCUT2D eigenvalue weighted by Crippen LogP contribution is 2.20. The number of hydrogen-bond acceptors (Lipinski definition) is 4. The number of nitrogens with one attached hydrogen (secondary N) is 1. The van der Waals surface area contributed by atoms with Crippen molar-refractivity contribution in [2.75, 3.05) is 0 Å². The minimum atomic E-state index is -0.340. The van der Waals surface area contributed by atoms with Gasteiger partial charge in [0.25, 0.3) is 5.91 Å². The van der Waals surface area contributed by atoms with Crippen molar-refractivity contribution < 1.29 is 9.90 Å². The van der Waals surface area contributed by atoms with E-state index < -0.39 is 0 Å². The first kappa shape index (κ1) is 17.3. The fourth-order valence-electron chi connectivity index (χ4n) is 2.76. The van der Waals surface area contributed by atoms with Crippen LogP contribution in [0, 0.1) is 0 Å². The lowest BCUT2D eigenvalue weighted by Crippen LogP contribution is -2.40. The number of carbonyl (C=O) groups excluding carboxylic acids is 1. The quantitative estimate of drug-likeness (QED) is 0.799. The molecule has 0 radical (unpaired) electrons. The highest BCUT2D eigenvalue weighted by molar-refractivity contribution is 5.95. The summed E-state index contributed by atoms with van der Waals surface area (Å²) in [5.74, 6) is -0.457. The summed E-state index contributed by atoms with van der Waals surface area (Å²) >= 11 is 0. The van der Waals surface area contributed by atoms with Crippen LogP contribution in [0.1, 0.15) is 36.2 Å². The molecule has 0 bridgehead atoms. The number of nitrogens with zero attached hydrogens (tertiary/aromatic N) is 2. The molecular weight excluding hydrogens is 316 g/mol. The average molecular weight is 337 g/mol. The van der Waals surface area contributed by atoms with Crippen LogP contribution in [0.2, 0.25) is 0 Å². The van der Waals surface area contributed by atoms with Gasteiger partial charge in [0.15, 0.2) is 11.4 Å². The zero-order valence-electron chi connectivity index (χ0n) is 12.7. The minimum absolute atomic E-state index is 0. The molecule has 0 spiro atoms. The number of carbonyl (C=O) groups is 1. The monoisotopic (exact) mass is 336 g/mol. The second-order valence-electron chi connectivity index (χ2n) is 5.73. The molecule has 0 atom stereocenters. The van der Waals surface area contributed by atoms with Gasteiger partial charge in [-0.25, -0.2) is 4.68 Å². The first-order valence-electron chi connectivity index (χ1n) is 7.54. The summed E-state index contributed by atoms with van der Waals surface area (Å²) < 4.78 is 1.50. The van der Waals surface area contributed by atoms with Gasteiger partial charge in [0.1, 0.15) is 0 Å². The zero-order valence-corrected chi connectivity index (χ0v) is 13.5. The van der Waals surface area contributed by atoms with Crippen LogP contribution in [0.5, 0.6) is 5.75 Å². The number of amides is 1. The maximum atomic E-state index is 12.3. The first-order valence-corrected chi connectivity index (χ1v) is 7.54. The van der Waals surface area contributed by atoms with E-state index in [9.17, 15) is 9.90 Å². The van der Waals surface area contributed by atoms with Gasteiger partial charge in [-0.15, -0.1) is 12.4 Å². The van der Waals surface area contributed by atoms with E-state index >= 15 is 0 Å². The Morgan fingerprint density at radius 3 is 2.52 bits per heavy atom. The van der Waals surface area contributed by atoms with Crippen LogP contribution < -0.4 is 11.1 Å². The minimum Gasteiger partial charge on any atom is -0.504 e. The molecule has 1 aromatic heterocycles. The summed E-state index contributed by atoms with van der Waals surface area (Å²) in [4.78, 5) is 12.3. The summed E-state index contributed by atoms with van der Waals surface area (Å²) in [6.45, 7) is 0. The maximum Gasteiger partial charge on any atom is 0.275 e. The van der Waals surface area contributed by atoms with Crippen LogP contribution in [-0.4, -0.2) is 32.9 Å². The largest absolute Gasteiger partial charge is 0.504 e. The third kappa shape index (κ3) is 4.03. The molecular formula is C16H21ClN4O2. The number of halogens is 1. The number of aromatic hydroxyl groups is 1. The van der Waals surface area contributed by atoms with Crippen LogP contribution in [-0.2, 0) is 0 Å². The zero-order chi connectivity index (χ0) is 15.5. The van der Waals surface area contributed by atoms with Gasteiger partial charge < -0.3 is 16.2 Å². The third-order valence-electron chi connectivity index (χ3n) is 4.04. The Balaban J connectivity index is 0.00000192. The smallest absolute Gasteiger partial charge is 0.275 e. The van der Waals surface area contributed by atoms with Gasteiger partial charge >= 0.3 is 0 Å². The van der Waals surface area contributed by atoms with Crippen molar-refractivity contribution in [2.24, 2.45) is 5.73 Å². The van der Waals surface area contributed by atoms with E-state index in [1.54, 1.807) is 0 Å².